The molecule has 2 unspecified atom stereocenters. The molecule has 1 heterocycles. The highest BCUT2D eigenvalue weighted by molar-refractivity contribution is 6.18. The Morgan fingerprint density at radius 1 is 1.08 bits per heavy atom. The lowest BCUT2D eigenvalue weighted by atomic mass is 10.1. The first-order chi connectivity index (χ1) is 5.88. The van der Waals surface area contributed by atoms with Crippen LogP contribution in [0.5, 0.6) is 0 Å². The van der Waals surface area contributed by atoms with Crippen LogP contribution in [0.1, 0.15) is 45.4 Å². The van der Waals surface area contributed by atoms with Crippen molar-refractivity contribution >= 4 is 11.6 Å². The molecule has 1 aliphatic heterocycles. The van der Waals surface area contributed by atoms with Crippen LogP contribution in [0.3, 0.4) is 0 Å². The maximum Gasteiger partial charge on any atom is 0.0976 e. The monoisotopic (exact) mass is 190 g/mol. The molecule has 0 radical (unpaired) electrons. The molecule has 1 aliphatic rings. The van der Waals surface area contributed by atoms with E-state index < -0.39 is 0 Å². The van der Waals surface area contributed by atoms with Gasteiger partial charge in [-0.1, -0.05) is 39.0 Å². The first-order valence-electron chi connectivity index (χ1n) is 5.10. The fraction of sp³-hybridized carbons (Fsp3) is 1.00. The van der Waals surface area contributed by atoms with Gasteiger partial charge < -0.3 is 4.74 Å². The predicted molar refractivity (Wildman–Crippen MR) is 52.8 cm³/mol. The van der Waals surface area contributed by atoms with Crippen LogP contribution < -0.4 is 0 Å². The van der Waals surface area contributed by atoms with E-state index >= 15 is 0 Å². The average molecular weight is 191 g/mol. The van der Waals surface area contributed by atoms with Gasteiger partial charge >= 0.3 is 0 Å². The predicted octanol–water partition coefficient (Wildman–Crippen LogP) is 3.35. The van der Waals surface area contributed by atoms with E-state index in [9.17, 15) is 0 Å². The molecule has 1 fully saturated rings. The summed E-state index contributed by atoms with van der Waals surface area (Å²) < 4.78 is 5.34. The van der Waals surface area contributed by atoms with Crippen LogP contribution >= 0.6 is 11.6 Å². The molecule has 2 heteroatoms. The van der Waals surface area contributed by atoms with E-state index in [1.807, 2.05) is 0 Å². The number of alkyl halides is 1. The molecule has 2 atom stereocenters. The summed E-state index contributed by atoms with van der Waals surface area (Å²) in [6.45, 7) is 2.24. The second-order valence-corrected chi connectivity index (χ2v) is 3.88. The summed E-state index contributed by atoms with van der Waals surface area (Å²) in [5, 5.41) is 0. The number of unbranched alkanes of at least 4 members (excludes halogenated alkanes) is 4. The van der Waals surface area contributed by atoms with E-state index in [-0.39, 0.29) is 0 Å². The minimum absolute atomic E-state index is 0.387. The van der Waals surface area contributed by atoms with Crippen molar-refractivity contribution in [2.24, 2.45) is 0 Å². The number of hydrogen-bond donors (Lipinski definition) is 0. The molecule has 0 N–H and O–H groups in total. The van der Waals surface area contributed by atoms with Crippen LogP contribution in [0.4, 0.5) is 0 Å². The SMILES string of the molecule is CCCCCCCC1OC1CCl. The molecular weight excluding hydrogens is 172 g/mol. The highest BCUT2D eigenvalue weighted by atomic mass is 35.5. The Balaban J connectivity index is 1.78. The largest absolute Gasteiger partial charge is 0.368 e. The Morgan fingerprint density at radius 3 is 2.42 bits per heavy atom. The molecule has 72 valence electrons. The van der Waals surface area contributed by atoms with Crippen LogP contribution in [-0.2, 0) is 4.74 Å². The van der Waals surface area contributed by atoms with Gasteiger partial charge in [0.05, 0.1) is 18.1 Å². The normalized spacial score (nSPS) is 27.5. The Morgan fingerprint density at radius 2 is 1.83 bits per heavy atom. The van der Waals surface area contributed by atoms with Gasteiger partial charge in [-0.05, 0) is 6.42 Å². The van der Waals surface area contributed by atoms with Gasteiger partial charge in [-0.3, -0.25) is 0 Å². The first-order valence-corrected chi connectivity index (χ1v) is 5.63. The van der Waals surface area contributed by atoms with Gasteiger partial charge in [0.2, 0.25) is 0 Å². The minimum atomic E-state index is 0.387. The molecule has 0 aliphatic carbocycles. The van der Waals surface area contributed by atoms with Crippen molar-refractivity contribution in [2.45, 2.75) is 57.7 Å². The third-order valence-electron chi connectivity index (χ3n) is 2.43. The van der Waals surface area contributed by atoms with Gasteiger partial charge in [-0.25, -0.2) is 0 Å². The molecule has 0 aromatic rings. The van der Waals surface area contributed by atoms with Crippen LogP contribution in [-0.4, -0.2) is 18.1 Å². The Labute approximate surface area is 80.4 Å². The zero-order valence-corrected chi connectivity index (χ0v) is 8.65. The third kappa shape index (κ3) is 3.77. The Kier molecular flexibility index (Phi) is 5.01. The number of hydrogen-bond acceptors (Lipinski definition) is 1. The van der Waals surface area contributed by atoms with Crippen molar-refractivity contribution in [1.82, 2.24) is 0 Å². The topological polar surface area (TPSA) is 12.5 Å². The average Bonchev–Trinajstić information content (AvgIpc) is 2.83. The lowest BCUT2D eigenvalue weighted by Crippen LogP contribution is -1.94. The van der Waals surface area contributed by atoms with Crippen molar-refractivity contribution in [3.8, 4) is 0 Å². The van der Waals surface area contributed by atoms with Crippen LogP contribution in [0.25, 0.3) is 0 Å². The molecule has 1 nitrogen and oxygen atoms in total. The second-order valence-electron chi connectivity index (χ2n) is 3.57. The van der Waals surface area contributed by atoms with Crippen LogP contribution in [0.15, 0.2) is 0 Å². The maximum absolute atomic E-state index is 5.63. The summed E-state index contributed by atoms with van der Waals surface area (Å²) in [6, 6.07) is 0. The zero-order valence-electron chi connectivity index (χ0n) is 7.89. The van der Waals surface area contributed by atoms with Gasteiger partial charge in [-0.15, -0.1) is 11.6 Å². The number of ether oxygens (including phenoxy) is 1. The van der Waals surface area contributed by atoms with Gasteiger partial charge in [0.15, 0.2) is 0 Å². The first kappa shape index (κ1) is 10.3. The second kappa shape index (κ2) is 5.82. The van der Waals surface area contributed by atoms with Gasteiger partial charge in [0, 0.05) is 0 Å². The third-order valence-corrected chi connectivity index (χ3v) is 2.74. The van der Waals surface area contributed by atoms with Gasteiger partial charge in [0.1, 0.15) is 0 Å². The van der Waals surface area contributed by atoms with Crippen LogP contribution in [0, 0.1) is 0 Å². The summed E-state index contributed by atoms with van der Waals surface area (Å²) in [4.78, 5) is 0. The van der Waals surface area contributed by atoms with Gasteiger partial charge in [-0.2, -0.15) is 0 Å². The molecule has 0 aromatic heterocycles. The lowest BCUT2D eigenvalue weighted by molar-refractivity contribution is 0.365. The Bertz CT molecular complexity index is 116. The van der Waals surface area contributed by atoms with E-state index in [0.29, 0.717) is 18.1 Å². The van der Waals surface area contributed by atoms with E-state index in [1.54, 1.807) is 0 Å². The summed E-state index contributed by atoms with van der Waals surface area (Å²) in [6.07, 6.45) is 8.88. The lowest BCUT2D eigenvalue weighted by Gasteiger charge is -1.96. The van der Waals surface area contributed by atoms with E-state index in [4.69, 9.17) is 16.3 Å². The van der Waals surface area contributed by atoms with Crippen molar-refractivity contribution < 1.29 is 4.74 Å². The minimum Gasteiger partial charge on any atom is -0.368 e. The number of halogens is 1. The molecule has 0 aromatic carbocycles. The molecule has 0 bridgehead atoms. The van der Waals surface area contributed by atoms with Gasteiger partial charge in [0.25, 0.3) is 0 Å². The summed E-state index contributed by atoms with van der Waals surface area (Å²) in [5.41, 5.74) is 0. The number of epoxide rings is 1. The number of rotatable bonds is 7. The fourth-order valence-corrected chi connectivity index (χ4v) is 1.79. The maximum atomic E-state index is 5.63. The summed E-state index contributed by atoms with van der Waals surface area (Å²) in [7, 11) is 0. The van der Waals surface area contributed by atoms with Crippen LogP contribution in [0.2, 0.25) is 0 Å². The molecule has 12 heavy (non-hydrogen) atoms. The van der Waals surface area contributed by atoms with E-state index in [2.05, 4.69) is 6.92 Å². The highest BCUT2D eigenvalue weighted by Gasteiger charge is 2.36. The highest BCUT2D eigenvalue weighted by Crippen LogP contribution is 2.28. The van der Waals surface area contributed by atoms with Crippen molar-refractivity contribution in [2.75, 3.05) is 5.88 Å². The molecule has 1 saturated heterocycles. The smallest absolute Gasteiger partial charge is 0.0976 e. The standard InChI is InChI=1S/C10H19ClO/c1-2-3-4-5-6-7-9-10(8-11)12-9/h9-10H,2-8H2,1H3. The molecule has 0 amide bonds. The van der Waals surface area contributed by atoms with Crippen molar-refractivity contribution in [1.29, 1.82) is 0 Å². The van der Waals surface area contributed by atoms with E-state index in [0.717, 1.165) is 0 Å². The molecule has 0 spiro atoms. The van der Waals surface area contributed by atoms with E-state index in [1.165, 1.54) is 38.5 Å². The summed E-state index contributed by atoms with van der Waals surface area (Å²) in [5.74, 6) is 0.680. The van der Waals surface area contributed by atoms with Crippen molar-refractivity contribution in [3.63, 3.8) is 0 Å². The summed E-state index contributed by atoms with van der Waals surface area (Å²) >= 11 is 5.63. The Hall–Kier alpha value is 0.250. The van der Waals surface area contributed by atoms with Crippen molar-refractivity contribution in [3.05, 3.63) is 0 Å². The molecule has 0 saturated carbocycles. The molecular formula is C10H19ClO. The molecule has 1 rings (SSSR count). The zero-order chi connectivity index (χ0) is 8.81. The quantitative estimate of drug-likeness (QED) is 0.341. The fourth-order valence-electron chi connectivity index (χ4n) is 1.52.